The zero-order valence-corrected chi connectivity index (χ0v) is 27.9. The lowest BCUT2D eigenvalue weighted by molar-refractivity contribution is 0.0922. The number of allylic oxidation sites excluding steroid dienone is 3. The molecule has 2 saturated carbocycles. The fourth-order valence-corrected chi connectivity index (χ4v) is 9.51. The fraction of sp³-hybridized carbons (Fsp3) is 0.676. The van der Waals surface area contributed by atoms with Crippen LogP contribution in [0.5, 0.6) is 0 Å². The molecule has 0 saturated heterocycles. The van der Waals surface area contributed by atoms with Gasteiger partial charge in [0.05, 0.1) is 24.4 Å². The molecule has 0 amide bonds. The lowest BCUT2D eigenvalue weighted by atomic mass is 9.60. The molecule has 1 unspecified atom stereocenters. The molecule has 6 atom stereocenters. The second-order valence-electron chi connectivity index (χ2n) is 15.3. The molecule has 1 aliphatic heterocycles. The number of rotatable bonds is 8. The molecule has 4 aliphatic rings. The van der Waals surface area contributed by atoms with Crippen LogP contribution >= 0.6 is 0 Å². The molecule has 6 rings (SSSR count). The fourth-order valence-electron chi connectivity index (χ4n) is 9.51. The summed E-state index contributed by atoms with van der Waals surface area (Å²) in [5, 5.41) is 10.8. The van der Waals surface area contributed by atoms with Crippen LogP contribution in [0.2, 0.25) is 0 Å². The summed E-state index contributed by atoms with van der Waals surface area (Å²) in [4.78, 5) is 30.1. The summed E-state index contributed by atoms with van der Waals surface area (Å²) < 4.78 is 4.74. The van der Waals surface area contributed by atoms with E-state index in [1.807, 2.05) is 43.3 Å². The van der Waals surface area contributed by atoms with E-state index in [4.69, 9.17) is 0 Å². The monoisotopic (exact) mass is 602 g/mol. The van der Waals surface area contributed by atoms with E-state index < -0.39 is 6.10 Å². The molecule has 2 aromatic rings. The number of benzene rings is 1. The Morgan fingerprint density at radius 1 is 1.02 bits per heavy atom. The van der Waals surface area contributed by atoms with Crippen molar-refractivity contribution in [1.29, 1.82) is 0 Å². The molecular formula is C37H54N4O3. The standard InChI is InChI=1S/C37H54N4O3/c1-24(2)9-7-10-25(3)32-18-19-33-26(11-8-20-37(32,33)4)21-34-31-22-30(42)17-12-27(31)23-39-35(43)40(36(44)41(34)39)29-15-13-28(14-16-29)38(5)6/h13-16,21,24-25,30,32-34,42H,7-12,17-20,22-23H2,1-6H3/b26-21+/t25-,30+,32-,33+,34?,37-/m1/s1. The molecule has 1 N–H and O–H groups in total. The number of aliphatic hydroxyl groups excluding tert-OH is 1. The van der Waals surface area contributed by atoms with Gasteiger partial charge >= 0.3 is 11.4 Å². The predicted molar refractivity (Wildman–Crippen MR) is 179 cm³/mol. The highest BCUT2D eigenvalue weighted by atomic mass is 16.3. The highest BCUT2D eigenvalue weighted by Crippen LogP contribution is 2.60. The van der Waals surface area contributed by atoms with Crippen molar-refractivity contribution >= 4 is 5.69 Å². The number of aromatic nitrogens is 3. The van der Waals surface area contributed by atoms with Crippen molar-refractivity contribution in [2.24, 2.45) is 29.1 Å². The van der Waals surface area contributed by atoms with Crippen LogP contribution in [0.25, 0.3) is 5.69 Å². The van der Waals surface area contributed by atoms with Gasteiger partial charge in [0.1, 0.15) is 0 Å². The van der Waals surface area contributed by atoms with Crippen LogP contribution in [0.15, 0.2) is 56.6 Å². The van der Waals surface area contributed by atoms with Crippen molar-refractivity contribution in [1.82, 2.24) is 13.9 Å². The maximum Gasteiger partial charge on any atom is 0.352 e. The van der Waals surface area contributed by atoms with E-state index in [9.17, 15) is 14.7 Å². The molecule has 44 heavy (non-hydrogen) atoms. The van der Waals surface area contributed by atoms with Crippen LogP contribution in [0.1, 0.15) is 104 Å². The normalized spacial score (nSPS) is 30.0. The summed E-state index contributed by atoms with van der Waals surface area (Å²) >= 11 is 0. The molecule has 7 heteroatoms. The van der Waals surface area contributed by atoms with Crippen LogP contribution in [0, 0.1) is 29.1 Å². The first-order valence-corrected chi connectivity index (χ1v) is 17.3. The number of hydrogen-bond acceptors (Lipinski definition) is 4. The smallest absolute Gasteiger partial charge is 0.352 e. The van der Waals surface area contributed by atoms with E-state index in [0.29, 0.717) is 31.0 Å². The van der Waals surface area contributed by atoms with Crippen LogP contribution in [-0.4, -0.2) is 39.2 Å². The van der Waals surface area contributed by atoms with E-state index >= 15 is 0 Å². The van der Waals surface area contributed by atoms with Crippen molar-refractivity contribution < 1.29 is 5.11 Å². The predicted octanol–water partition coefficient (Wildman–Crippen LogP) is 6.87. The molecule has 0 bridgehead atoms. The Hall–Kier alpha value is -2.80. The van der Waals surface area contributed by atoms with Gasteiger partial charge in [-0.1, -0.05) is 58.6 Å². The molecule has 0 radical (unpaired) electrons. The van der Waals surface area contributed by atoms with E-state index in [2.05, 4.69) is 33.8 Å². The van der Waals surface area contributed by atoms with Crippen molar-refractivity contribution in [3.8, 4) is 5.69 Å². The largest absolute Gasteiger partial charge is 0.393 e. The molecule has 240 valence electrons. The molecule has 1 aromatic heterocycles. The number of aliphatic hydroxyl groups is 1. The quantitative estimate of drug-likeness (QED) is 0.335. The van der Waals surface area contributed by atoms with Crippen molar-refractivity contribution in [2.75, 3.05) is 19.0 Å². The molecular weight excluding hydrogens is 548 g/mol. The summed E-state index contributed by atoms with van der Waals surface area (Å²) in [5.74, 6) is 2.73. The number of anilines is 1. The Balaban J connectivity index is 1.38. The van der Waals surface area contributed by atoms with Gasteiger partial charge in [-0.3, -0.25) is 0 Å². The van der Waals surface area contributed by atoms with Gasteiger partial charge in [-0.2, -0.15) is 0 Å². The van der Waals surface area contributed by atoms with Crippen molar-refractivity contribution in [2.45, 2.75) is 117 Å². The highest BCUT2D eigenvalue weighted by molar-refractivity contribution is 5.49. The first kappa shape index (κ1) is 31.2. The Morgan fingerprint density at radius 3 is 2.48 bits per heavy atom. The minimum Gasteiger partial charge on any atom is -0.393 e. The maximum atomic E-state index is 14.2. The lowest BCUT2D eigenvalue weighted by Gasteiger charge is -2.45. The average molecular weight is 603 g/mol. The molecule has 7 nitrogen and oxygen atoms in total. The summed E-state index contributed by atoms with van der Waals surface area (Å²) in [5.41, 5.74) is 5.18. The number of hydrogen-bond donors (Lipinski definition) is 1. The first-order valence-electron chi connectivity index (χ1n) is 17.3. The second-order valence-corrected chi connectivity index (χ2v) is 15.3. The average Bonchev–Trinajstić information content (AvgIpc) is 3.46. The van der Waals surface area contributed by atoms with Crippen LogP contribution in [0.3, 0.4) is 0 Å². The van der Waals surface area contributed by atoms with Crippen molar-refractivity contribution in [3.05, 3.63) is 68.0 Å². The van der Waals surface area contributed by atoms with Gasteiger partial charge in [0.25, 0.3) is 0 Å². The van der Waals surface area contributed by atoms with Gasteiger partial charge in [-0.05, 0) is 116 Å². The summed E-state index contributed by atoms with van der Waals surface area (Å²) in [6.07, 6.45) is 14.0. The molecule has 1 aromatic carbocycles. The second kappa shape index (κ2) is 12.2. The third-order valence-corrected chi connectivity index (χ3v) is 11.9. The molecule has 2 fully saturated rings. The Kier molecular flexibility index (Phi) is 8.64. The van der Waals surface area contributed by atoms with E-state index in [-0.39, 0.29) is 22.8 Å². The molecule has 3 aliphatic carbocycles. The van der Waals surface area contributed by atoms with Gasteiger partial charge in [-0.15, -0.1) is 0 Å². The Labute approximate surface area is 263 Å². The summed E-state index contributed by atoms with van der Waals surface area (Å²) in [6.45, 7) is 10.1. The van der Waals surface area contributed by atoms with E-state index in [0.717, 1.165) is 41.9 Å². The van der Waals surface area contributed by atoms with Gasteiger partial charge in [0.2, 0.25) is 0 Å². The Bertz CT molecular complexity index is 1540. The van der Waals surface area contributed by atoms with Crippen LogP contribution in [0.4, 0.5) is 5.69 Å². The first-order chi connectivity index (χ1) is 21.0. The van der Waals surface area contributed by atoms with Crippen LogP contribution in [-0.2, 0) is 6.54 Å². The van der Waals surface area contributed by atoms with Gasteiger partial charge in [0, 0.05) is 19.8 Å². The third-order valence-electron chi connectivity index (χ3n) is 11.9. The summed E-state index contributed by atoms with van der Waals surface area (Å²) in [6, 6.07) is 7.30. The maximum absolute atomic E-state index is 14.2. The SMILES string of the molecule is CC(C)CCC[C@@H](C)[C@H]1CC[C@H]2/C(=C/C3C4=C(CC[C@H](O)C4)Cn4c(=O)n(-c5ccc(N(C)C)cc5)c(=O)n43)CCC[C@]12C. The zero-order valence-electron chi connectivity index (χ0n) is 27.9. The van der Waals surface area contributed by atoms with Crippen LogP contribution < -0.4 is 16.3 Å². The van der Waals surface area contributed by atoms with E-state index in [1.54, 1.807) is 9.36 Å². The minimum absolute atomic E-state index is 0.279. The zero-order chi connectivity index (χ0) is 31.3. The van der Waals surface area contributed by atoms with E-state index in [1.165, 1.54) is 60.7 Å². The highest BCUT2D eigenvalue weighted by Gasteiger charge is 2.51. The topological polar surface area (TPSA) is 72.4 Å². The number of nitrogens with zero attached hydrogens (tertiary/aromatic N) is 4. The van der Waals surface area contributed by atoms with Gasteiger partial charge < -0.3 is 10.0 Å². The third kappa shape index (κ3) is 5.48. The lowest BCUT2D eigenvalue weighted by Crippen LogP contribution is -2.39. The molecule has 2 heterocycles. The molecule has 0 spiro atoms. The summed E-state index contributed by atoms with van der Waals surface area (Å²) in [7, 11) is 3.96. The van der Waals surface area contributed by atoms with Crippen molar-refractivity contribution in [3.63, 3.8) is 0 Å². The Morgan fingerprint density at radius 2 is 1.77 bits per heavy atom. The van der Waals surface area contributed by atoms with Gasteiger partial charge in [-0.25, -0.2) is 23.5 Å². The van der Waals surface area contributed by atoms with Gasteiger partial charge in [0.15, 0.2) is 0 Å². The number of fused-ring (bicyclic) bond motifs is 2. The minimum atomic E-state index is -0.400.